The molecule has 24 heavy (non-hydrogen) atoms. The van der Waals surface area contributed by atoms with Crippen LogP contribution in [0.25, 0.3) is 9.88 Å². The lowest BCUT2D eigenvalue weighted by molar-refractivity contribution is -0.149. The van der Waals surface area contributed by atoms with Gasteiger partial charge in [-0.2, -0.15) is 0 Å². The van der Waals surface area contributed by atoms with E-state index in [9.17, 15) is 9.59 Å². The van der Waals surface area contributed by atoms with Crippen LogP contribution in [-0.2, 0) is 9.53 Å². The Hall–Kier alpha value is -1.73. The van der Waals surface area contributed by atoms with Crippen LogP contribution in [0, 0.1) is 6.92 Å². The summed E-state index contributed by atoms with van der Waals surface area (Å²) >= 11 is 2.96. The molecule has 0 unspecified atom stereocenters. The molecular weight excluding hydrogens is 344 g/mol. The van der Waals surface area contributed by atoms with Crippen molar-refractivity contribution in [2.24, 2.45) is 0 Å². The van der Waals surface area contributed by atoms with E-state index >= 15 is 0 Å². The van der Waals surface area contributed by atoms with Crippen LogP contribution in [0.5, 0.6) is 0 Å². The molecule has 0 atom stereocenters. The predicted molar refractivity (Wildman–Crippen MR) is 95.5 cm³/mol. The molecule has 1 aliphatic carbocycles. The smallest absolute Gasteiger partial charge is 0.331 e. The zero-order chi connectivity index (χ0) is 17.2. The number of methoxy groups -OCH3 is 1. The number of carbonyl (C=O) groups excluding carboxylic acids is 2. The Bertz CT molecular complexity index is 731. The molecule has 2 aromatic heterocycles. The molecule has 5 nitrogen and oxygen atoms in total. The topological polar surface area (TPSA) is 68.3 Å². The normalized spacial score (nSPS) is 16.6. The Morgan fingerprint density at radius 1 is 1.29 bits per heavy atom. The fraction of sp³-hybridized carbons (Fsp3) is 0.471. The number of thiophene rings is 1. The zero-order valence-electron chi connectivity index (χ0n) is 13.8. The third-order valence-corrected chi connectivity index (χ3v) is 6.57. The standard InChI is InChI=1S/C17H20N2O3S2/c1-11-13(24-15(18-11)12-7-6-10-23-12)14(20)19-17(16(21)22-2)8-4-3-5-9-17/h6-7,10H,3-5,8-9H2,1-2H3,(H,19,20). The first-order chi connectivity index (χ1) is 11.6. The van der Waals surface area contributed by atoms with E-state index < -0.39 is 5.54 Å². The lowest BCUT2D eigenvalue weighted by Crippen LogP contribution is -2.56. The van der Waals surface area contributed by atoms with Crippen LogP contribution in [0.1, 0.15) is 47.5 Å². The highest BCUT2D eigenvalue weighted by atomic mass is 32.1. The number of nitrogens with one attached hydrogen (secondary N) is 1. The minimum absolute atomic E-state index is 0.236. The molecule has 7 heteroatoms. The van der Waals surface area contributed by atoms with E-state index in [0.717, 1.165) is 29.1 Å². The molecule has 1 fully saturated rings. The second-order valence-electron chi connectivity index (χ2n) is 6.00. The van der Waals surface area contributed by atoms with Crippen LogP contribution < -0.4 is 5.32 Å². The average molecular weight is 364 g/mol. The van der Waals surface area contributed by atoms with Crippen LogP contribution in [0.15, 0.2) is 17.5 Å². The van der Waals surface area contributed by atoms with Gasteiger partial charge in [-0.15, -0.1) is 22.7 Å². The van der Waals surface area contributed by atoms with Crippen molar-refractivity contribution in [3.63, 3.8) is 0 Å². The molecule has 0 aromatic carbocycles. The number of thiazole rings is 1. The zero-order valence-corrected chi connectivity index (χ0v) is 15.4. The number of hydrogen-bond acceptors (Lipinski definition) is 6. The lowest BCUT2D eigenvalue weighted by atomic mass is 9.81. The molecule has 1 aliphatic rings. The number of nitrogens with zero attached hydrogens (tertiary/aromatic N) is 1. The van der Waals surface area contributed by atoms with Gasteiger partial charge in [0.05, 0.1) is 17.7 Å². The van der Waals surface area contributed by atoms with Gasteiger partial charge in [0.25, 0.3) is 5.91 Å². The highest BCUT2D eigenvalue weighted by molar-refractivity contribution is 7.22. The van der Waals surface area contributed by atoms with E-state index in [4.69, 9.17) is 4.74 Å². The third kappa shape index (κ3) is 3.23. The number of rotatable bonds is 4. The van der Waals surface area contributed by atoms with Crippen LogP contribution in [0.2, 0.25) is 0 Å². The van der Waals surface area contributed by atoms with Gasteiger partial charge in [-0.25, -0.2) is 9.78 Å². The van der Waals surface area contributed by atoms with E-state index in [2.05, 4.69) is 10.3 Å². The van der Waals surface area contributed by atoms with Crippen molar-refractivity contribution in [2.75, 3.05) is 7.11 Å². The van der Waals surface area contributed by atoms with E-state index in [1.54, 1.807) is 11.3 Å². The average Bonchev–Trinajstić information content (AvgIpc) is 3.24. The van der Waals surface area contributed by atoms with Crippen molar-refractivity contribution >= 4 is 34.6 Å². The summed E-state index contributed by atoms with van der Waals surface area (Å²) in [6.07, 6.45) is 4.16. The summed E-state index contributed by atoms with van der Waals surface area (Å²) < 4.78 is 4.96. The largest absolute Gasteiger partial charge is 0.467 e. The molecule has 2 aromatic rings. The summed E-state index contributed by atoms with van der Waals surface area (Å²) in [5.41, 5.74) is -0.208. The fourth-order valence-electron chi connectivity index (χ4n) is 3.12. The van der Waals surface area contributed by atoms with Gasteiger partial charge in [0.1, 0.15) is 15.4 Å². The molecule has 0 spiro atoms. The maximum atomic E-state index is 12.8. The first-order valence-electron chi connectivity index (χ1n) is 7.98. The van der Waals surface area contributed by atoms with E-state index in [0.29, 0.717) is 23.4 Å². The van der Waals surface area contributed by atoms with Gasteiger partial charge >= 0.3 is 5.97 Å². The minimum Gasteiger partial charge on any atom is -0.467 e. The molecule has 1 amide bonds. The second-order valence-corrected chi connectivity index (χ2v) is 7.95. The molecular formula is C17H20N2O3S2. The summed E-state index contributed by atoms with van der Waals surface area (Å²) in [6.45, 7) is 1.83. The van der Waals surface area contributed by atoms with Crippen molar-refractivity contribution < 1.29 is 14.3 Å². The number of ether oxygens (including phenoxy) is 1. The highest BCUT2D eigenvalue weighted by Crippen LogP contribution is 2.33. The first-order valence-corrected chi connectivity index (χ1v) is 9.67. The molecule has 3 rings (SSSR count). The molecule has 1 N–H and O–H groups in total. The van der Waals surface area contributed by atoms with Crippen LogP contribution in [0.3, 0.4) is 0 Å². The summed E-state index contributed by atoms with van der Waals surface area (Å²) in [6, 6.07) is 3.95. The molecule has 0 bridgehead atoms. The SMILES string of the molecule is COC(=O)C1(NC(=O)c2sc(-c3cccs3)nc2C)CCCCC1. The van der Waals surface area contributed by atoms with Gasteiger partial charge in [0, 0.05) is 0 Å². The number of aryl methyl sites for hydroxylation is 1. The van der Waals surface area contributed by atoms with Crippen LogP contribution >= 0.6 is 22.7 Å². The van der Waals surface area contributed by atoms with Crippen molar-refractivity contribution in [1.82, 2.24) is 10.3 Å². The van der Waals surface area contributed by atoms with Gasteiger partial charge in [0.2, 0.25) is 0 Å². The Morgan fingerprint density at radius 3 is 2.67 bits per heavy atom. The fourth-order valence-corrected chi connectivity index (χ4v) is 4.88. The molecule has 2 heterocycles. The maximum Gasteiger partial charge on any atom is 0.331 e. The van der Waals surface area contributed by atoms with E-state index in [1.807, 2.05) is 24.4 Å². The van der Waals surface area contributed by atoms with Crippen molar-refractivity contribution in [3.8, 4) is 9.88 Å². The lowest BCUT2D eigenvalue weighted by Gasteiger charge is -2.35. The Balaban J connectivity index is 1.84. The van der Waals surface area contributed by atoms with Crippen LogP contribution in [0.4, 0.5) is 0 Å². The van der Waals surface area contributed by atoms with Gasteiger partial charge < -0.3 is 10.1 Å². The number of esters is 1. The second kappa shape index (κ2) is 7.03. The summed E-state index contributed by atoms with van der Waals surface area (Å²) in [5, 5.41) is 5.78. The Labute approximate surface area is 149 Å². The van der Waals surface area contributed by atoms with Gasteiger partial charge in [-0.1, -0.05) is 25.3 Å². The quantitative estimate of drug-likeness (QED) is 0.838. The van der Waals surface area contributed by atoms with E-state index in [-0.39, 0.29) is 11.9 Å². The summed E-state index contributed by atoms with van der Waals surface area (Å²) in [5.74, 6) is -0.587. The number of aromatic nitrogens is 1. The van der Waals surface area contributed by atoms with Crippen molar-refractivity contribution in [2.45, 2.75) is 44.6 Å². The monoisotopic (exact) mass is 364 g/mol. The van der Waals surface area contributed by atoms with E-state index in [1.165, 1.54) is 18.4 Å². The number of amides is 1. The maximum absolute atomic E-state index is 12.8. The number of carbonyl (C=O) groups is 2. The Morgan fingerprint density at radius 2 is 2.04 bits per heavy atom. The minimum atomic E-state index is -0.899. The van der Waals surface area contributed by atoms with Crippen LogP contribution in [-0.4, -0.2) is 29.5 Å². The first kappa shape index (κ1) is 17.1. The van der Waals surface area contributed by atoms with Gasteiger partial charge in [-0.05, 0) is 31.2 Å². The molecule has 0 saturated heterocycles. The molecule has 0 radical (unpaired) electrons. The third-order valence-electron chi connectivity index (χ3n) is 4.37. The predicted octanol–water partition coefficient (Wildman–Crippen LogP) is 3.79. The molecule has 1 saturated carbocycles. The van der Waals surface area contributed by atoms with Crippen molar-refractivity contribution in [1.29, 1.82) is 0 Å². The summed E-state index contributed by atoms with van der Waals surface area (Å²) in [7, 11) is 1.37. The molecule has 0 aliphatic heterocycles. The highest BCUT2D eigenvalue weighted by Gasteiger charge is 2.42. The van der Waals surface area contributed by atoms with Gasteiger partial charge in [-0.3, -0.25) is 4.79 Å². The Kier molecular flexibility index (Phi) is 5.01. The van der Waals surface area contributed by atoms with Crippen molar-refractivity contribution in [3.05, 3.63) is 28.1 Å². The molecule has 128 valence electrons. The summed E-state index contributed by atoms with van der Waals surface area (Å²) in [4.78, 5) is 31.2. The number of hydrogen-bond donors (Lipinski definition) is 1. The van der Waals surface area contributed by atoms with Gasteiger partial charge in [0.15, 0.2) is 0 Å².